The number of pyridine rings is 1. The first-order valence-electron chi connectivity index (χ1n) is 7.75. The van der Waals surface area contributed by atoms with Crippen molar-refractivity contribution < 1.29 is 26.4 Å². The van der Waals surface area contributed by atoms with E-state index in [1.165, 1.54) is 24.3 Å². The van der Waals surface area contributed by atoms with E-state index in [0.717, 1.165) is 12.3 Å². The summed E-state index contributed by atoms with van der Waals surface area (Å²) in [6, 6.07) is 6.71. The lowest BCUT2D eigenvalue weighted by molar-refractivity contribution is -0.138. The minimum absolute atomic E-state index is 0.125. The van der Waals surface area contributed by atoms with Crippen molar-refractivity contribution in [3.05, 3.63) is 64.1 Å². The number of aromatic nitrogens is 1. The van der Waals surface area contributed by atoms with Gasteiger partial charge >= 0.3 is 6.18 Å². The fourth-order valence-corrected chi connectivity index (χ4v) is 2.98. The minimum Gasteiger partial charge on any atom is -0.348 e. The van der Waals surface area contributed by atoms with Crippen molar-refractivity contribution >= 4 is 15.7 Å². The van der Waals surface area contributed by atoms with Gasteiger partial charge < -0.3 is 9.88 Å². The molecule has 0 bridgehead atoms. The highest BCUT2D eigenvalue weighted by Crippen LogP contribution is 2.28. The van der Waals surface area contributed by atoms with E-state index >= 15 is 0 Å². The van der Waals surface area contributed by atoms with Crippen LogP contribution in [-0.4, -0.2) is 25.1 Å². The summed E-state index contributed by atoms with van der Waals surface area (Å²) in [4.78, 5) is 23.9. The number of halogens is 3. The third-order valence-electron chi connectivity index (χ3n) is 3.81. The average molecular weight is 402 g/mol. The Hall–Kier alpha value is -2.62. The highest BCUT2D eigenvalue weighted by molar-refractivity contribution is 7.90. The van der Waals surface area contributed by atoms with Gasteiger partial charge in [-0.25, -0.2) is 8.42 Å². The van der Waals surface area contributed by atoms with Crippen LogP contribution in [0, 0.1) is 0 Å². The Labute approximate surface area is 153 Å². The Balaban J connectivity index is 2.10. The number of carbonyl (C=O) groups excluding carboxylic acids is 1. The van der Waals surface area contributed by atoms with Gasteiger partial charge in [-0.2, -0.15) is 13.2 Å². The van der Waals surface area contributed by atoms with Crippen molar-refractivity contribution in [2.45, 2.75) is 30.6 Å². The fraction of sp³-hybridized carbons (Fsp3) is 0.294. The van der Waals surface area contributed by atoms with Crippen LogP contribution in [0.3, 0.4) is 0 Å². The second-order valence-corrected chi connectivity index (χ2v) is 8.03. The molecule has 1 aromatic heterocycles. The lowest BCUT2D eigenvalue weighted by atomic mass is 10.1. The van der Waals surface area contributed by atoms with Crippen LogP contribution in [0.4, 0.5) is 13.2 Å². The molecule has 1 unspecified atom stereocenters. The number of benzene rings is 1. The van der Waals surface area contributed by atoms with E-state index < -0.39 is 45.6 Å². The number of alkyl halides is 3. The number of carbonyl (C=O) groups is 1. The molecule has 0 radical (unpaired) electrons. The number of nitrogens with zero attached hydrogens (tertiary/aromatic N) is 1. The molecular weight excluding hydrogens is 385 g/mol. The van der Waals surface area contributed by atoms with Crippen LogP contribution >= 0.6 is 0 Å². The van der Waals surface area contributed by atoms with Gasteiger partial charge in [0.1, 0.15) is 6.54 Å². The molecule has 0 saturated heterocycles. The highest BCUT2D eigenvalue weighted by atomic mass is 32.2. The van der Waals surface area contributed by atoms with Crippen LogP contribution in [-0.2, 0) is 27.4 Å². The van der Waals surface area contributed by atoms with Crippen LogP contribution in [0.2, 0.25) is 0 Å². The summed E-state index contributed by atoms with van der Waals surface area (Å²) < 4.78 is 61.7. The first kappa shape index (κ1) is 20.7. The van der Waals surface area contributed by atoms with E-state index in [0.29, 0.717) is 22.4 Å². The number of rotatable bonds is 5. The van der Waals surface area contributed by atoms with Gasteiger partial charge in [0, 0.05) is 18.5 Å². The molecule has 27 heavy (non-hydrogen) atoms. The minimum atomic E-state index is -4.62. The van der Waals surface area contributed by atoms with E-state index in [4.69, 9.17) is 0 Å². The van der Waals surface area contributed by atoms with Gasteiger partial charge in [-0.3, -0.25) is 9.59 Å². The standard InChI is InChI=1S/C17H17F3N2O4S/c1-11(12-3-6-14(7-4-12)27(2,25)26)21-15(23)10-22-9-13(17(18,19)20)5-8-16(22)24/h3-9,11H,10H2,1-2H3,(H,21,23). The maximum atomic E-state index is 12.7. The zero-order valence-electron chi connectivity index (χ0n) is 14.4. The topological polar surface area (TPSA) is 85.2 Å². The molecular formula is C17H17F3N2O4S. The van der Waals surface area contributed by atoms with Crippen molar-refractivity contribution in [2.24, 2.45) is 0 Å². The van der Waals surface area contributed by atoms with Gasteiger partial charge in [0.05, 0.1) is 16.5 Å². The average Bonchev–Trinajstić information content (AvgIpc) is 2.55. The monoisotopic (exact) mass is 402 g/mol. The van der Waals surface area contributed by atoms with Gasteiger partial charge in [-0.1, -0.05) is 12.1 Å². The number of hydrogen-bond acceptors (Lipinski definition) is 4. The molecule has 0 aliphatic rings. The molecule has 0 aliphatic heterocycles. The summed E-state index contributed by atoms with van der Waals surface area (Å²) in [5.41, 5.74) is -1.16. The molecule has 1 amide bonds. The zero-order valence-corrected chi connectivity index (χ0v) is 15.3. The lowest BCUT2D eigenvalue weighted by Crippen LogP contribution is -2.34. The lowest BCUT2D eigenvalue weighted by Gasteiger charge is -2.16. The Morgan fingerprint density at radius 1 is 1.15 bits per heavy atom. The Bertz CT molecular complexity index is 996. The molecule has 0 fully saturated rings. The summed E-state index contributed by atoms with van der Waals surface area (Å²) in [7, 11) is -3.35. The molecule has 6 nitrogen and oxygen atoms in total. The van der Waals surface area contributed by atoms with Crippen molar-refractivity contribution in [1.82, 2.24) is 9.88 Å². The molecule has 0 saturated carbocycles. The first-order chi connectivity index (χ1) is 12.4. The van der Waals surface area contributed by atoms with Gasteiger partial charge in [0.15, 0.2) is 9.84 Å². The van der Waals surface area contributed by atoms with Gasteiger partial charge in [-0.15, -0.1) is 0 Å². The van der Waals surface area contributed by atoms with Crippen molar-refractivity contribution in [3.8, 4) is 0 Å². The summed E-state index contributed by atoms with van der Waals surface area (Å²) in [6.07, 6.45) is -2.96. The first-order valence-corrected chi connectivity index (χ1v) is 9.64. The molecule has 2 rings (SSSR count). The van der Waals surface area contributed by atoms with Crippen LogP contribution in [0.1, 0.15) is 24.1 Å². The second-order valence-electron chi connectivity index (χ2n) is 6.01. The Morgan fingerprint density at radius 2 is 1.74 bits per heavy atom. The molecule has 1 heterocycles. The van der Waals surface area contributed by atoms with Crippen molar-refractivity contribution in [3.63, 3.8) is 0 Å². The van der Waals surface area contributed by atoms with Gasteiger partial charge in [0.25, 0.3) is 5.56 Å². The zero-order chi connectivity index (χ0) is 20.4. The SMILES string of the molecule is CC(NC(=O)Cn1cc(C(F)(F)F)ccc1=O)c1ccc(S(C)(=O)=O)cc1. The summed E-state index contributed by atoms with van der Waals surface area (Å²) in [6.45, 7) is 1.05. The van der Waals surface area contributed by atoms with Crippen LogP contribution in [0.25, 0.3) is 0 Å². The van der Waals surface area contributed by atoms with E-state index in [1.807, 2.05) is 0 Å². The second kappa shape index (κ2) is 7.55. The molecule has 0 aliphatic carbocycles. The molecule has 0 spiro atoms. The molecule has 1 aromatic carbocycles. The van der Waals surface area contributed by atoms with Crippen molar-refractivity contribution in [2.75, 3.05) is 6.26 Å². The smallest absolute Gasteiger partial charge is 0.348 e. The summed E-state index contributed by atoms with van der Waals surface area (Å²) in [5, 5.41) is 2.56. The number of sulfone groups is 1. The Kier molecular flexibility index (Phi) is 5.79. The van der Waals surface area contributed by atoms with Crippen LogP contribution in [0.15, 0.2) is 52.3 Å². The fourth-order valence-electron chi connectivity index (χ4n) is 2.35. The van der Waals surface area contributed by atoms with Crippen LogP contribution < -0.4 is 10.9 Å². The number of amides is 1. The quantitative estimate of drug-likeness (QED) is 0.831. The van der Waals surface area contributed by atoms with Crippen LogP contribution in [0.5, 0.6) is 0 Å². The third-order valence-corrected chi connectivity index (χ3v) is 4.94. The molecule has 146 valence electrons. The number of hydrogen-bond donors (Lipinski definition) is 1. The molecule has 2 aromatic rings. The molecule has 1 N–H and O–H groups in total. The predicted molar refractivity (Wildman–Crippen MR) is 91.8 cm³/mol. The summed E-state index contributed by atoms with van der Waals surface area (Å²) >= 11 is 0. The van der Waals surface area contributed by atoms with Crippen molar-refractivity contribution in [1.29, 1.82) is 0 Å². The van der Waals surface area contributed by atoms with E-state index in [2.05, 4.69) is 5.32 Å². The molecule has 1 atom stereocenters. The maximum Gasteiger partial charge on any atom is 0.417 e. The van der Waals surface area contributed by atoms with E-state index in [1.54, 1.807) is 6.92 Å². The summed E-state index contributed by atoms with van der Waals surface area (Å²) in [5.74, 6) is -0.656. The normalized spacial score (nSPS) is 13.2. The highest BCUT2D eigenvalue weighted by Gasteiger charge is 2.31. The largest absolute Gasteiger partial charge is 0.417 e. The van der Waals surface area contributed by atoms with E-state index in [-0.39, 0.29) is 4.90 Å². The third kappa shape index (κ3) is 5.43. The van der Waals surface area contributed by atoms with E-state index in [9.17, 15) is 31.2 Å². The predicted octanol–water partition coefficient (Wildman–Crippen LogP) is 2.15. The maximum absolute atomic E-state index is 12.7. The Morgan fingerprint density at radius 3 is 2.26 bits per heavy atom. The van der Waals surface area contributed by atoms with Gasteiger partial charge in [-0.05, 0) is 30.7 Å². The molecule has 10 heteroatoms. The number of nitrogens with one attached hydrogen (secondary N) is 1. The van der Waals surface area contributed by atoms with Gasteiger partial charge in [0.2, 0.25) is 5.91 Å².